The molecule has 1 rings (SSSR count). The Balaban J connectivity index is 2.46. The molecule has 110 valence electrons. The van der Waals surface area contributed by atoms with Gasteiger partial charge in [-0.05, 0) is 31.7 Å². The zero-order valence-electron chi connectivity index (χ0n) is 12.8. The van der Waals surface area contributed by atoms with Crippen LogP contribution < -0.4 is 5.32 Å². The van der Waals surface area contributed by atoms with Crippen LogP contribution in [0, 0.1) is 0 Å². The number of aromatic nitrogens is 2. The molecule has 0 amide bonds. The molecule has 0 bridgehead atoms. The molecule has 0 aliphatic rings. The van der Waals surface area contributed by atoms with E-state index in [-0.39, 0.29) is 0 Å². The second-order valence-electron chi connectivity index (χ2n) is 5.29. The van der Waals surface area contributed by atoms with Crippen LogP contribution in [0.4, 0.5) is 0 Å². The van der Waals surface area contributed by atoms with Crippen LogP contribution in [0.5, 0.6) is 0 Å². The smallest absolute Gasteiger partial charge is 0.0766 e. The molecule has 0 atom stereocenters. The number of hydrogen-bond donors (Lipinski definition) is 2. The molecule has 0 radical (unpaired) electrons. The molecule has 2 N–H and O–H groups in total. The zero-order chi connectivity index (χ0) is 14.3. The van der Waals surface area contributed by atoms with Crippen molar-refractivity contribution < 1.29 is 5.11 Å². The molecule has 0 unspecified atom stereocenters. The van der Waals surface area contributed by atoms with E-state index >= 15 is 0 Å². The van der Waals surface area contributed by atoms with Gasteiger partial charge in [0, 0.05) is 19.3 Å². The summed E-state index contributed by atoms with van der Waals surface area (Å²) in [7, 11) is 0. The first kappa shape index (κ1) is 16.2. The summed E-state index contributed by atoms with van der Waals surface area (Å²) in [5, 5.41) is 18.1. The minimum absolute atomic E-state index is 0.497. The SMILES string of the molecule is CCC(CC)n1ccc(CNCC(O)(CC)CC)n1. The van der Waals surface area contributed by atoms with Crippen LogP contribution in [0.25, 0.3) is 0 Å². The lowest BCUT2D eigenvalue weighted by molar-refractivity contribution is 0.0322. The Morgan fingerprint density at radius 2 is 1.89 bits per heavy atom. The average molecular weight is 267 g/mol. The lowest BCUT2D eigenvalue weighted by Crippen LogP contribution is -2.39. The van der Waals surface area contributed by atoms with Crippen LogP contribution in [0.2, 0.25) is 0 Å². The van der Waals surface area contributed by atoms with Gasteiger partial charge in [-0.1, -0.05) is 27.7 Å². The van der Waals surface area contributed by atoms with Crippen molar-refractivity contribution in [1.29, 1.82) is 0 Å². The Kier molecular flexibility index (Phi) is 6.52. The predicted octanol–water partition coefficient (Wildman–Crippen LogP) is 2.88. The van der Waals surface area contributed by atoms with Crippen LogP contribution in [-0.2, 0) is 6.54 Å². The average Bonchev–Trinajstić information content (AvgIpc) is 2.89. The Morgan fingerprint density at radius 3 is 2.42 bits per heavy atom. The van der Waals surface area contributed by atoms with Gasteiger partial charge >= 0.3 is 0 Å². The fourth-order valence-electron chi connectivity index (χ4n) is 2.26. The summed E-state index contributed by atoms with van der Waals surface area (Å²) in [6.07, 6.45) is 5.82. The third kappa shape index (κ3) is 4.62. The highest BCUT2D eigenvalue weighted by atomic mass is 16.3. The molecule has 1 heterocycles. The number of hydrogen-bond acceptors (Lipinski definition) is 3. The van der Waals surface area contributed by atoms with E-state index in [2.05, 4.69) is 41.2 Å². The minimum atomic E-state index is -0.585. The van der Waals surface area contributed by atoms with E-state index in [1.165, 1.54) is 0 Å². The monoisotopic (exact) mass is 267 g/mol. The van der Waals surface area contributed by atoms with Crippen molar-refractivity contribution in [3.8, 4) is 0 Å². The lowest BCUT2D eigenvalue weighted by atomic mass is 9.98. The molecular weight excluding hydrogens is 238 g/mol. The van der Waals surface area contributed by atoms with Gasteiger partial charge in [0.2, 0.25) is 0 Å². The maximum atomic E-state index is 10.2. The Morgan fingerprint density at radius 1 is 1.26 bits per heavy atom. The van der Waals surface area contributed by atoms with Crippen molar-refractivity contribution in [3.05, 3.63) is 18.0 Å². The van der Waals surface area contributed by atoms with Crippen LogP contribution in [0.3, 0.4) is 0 Å². The summed E-state index contributed by atoms with van der Waals surface area (Å²) in [6, 6.07) is 2.55. The first-order valence-electron chi connectivity index (χ1n) is 7.55. The van der Waals surface area contributed by atoms with E-state index in [0.717, 1.165) is 37.9 Å². The fourth-order valence-corrected chi connectivity index (χ4v) is 2.26. The quantitative estimate of drug-likeness (QED) is 0.723. The third-order valence-electron chi connectivity index (χ3n) is 4.06. The summed E-state index contributed by atoms with van der Waals surface area (Å²) in [6.45, 7) is 9.76. The Hall–Kier alpha value is -0.870. The normalized spacial score (nSPS) is 12.3. The number of nitrogens with zero attached hydrogens (tertiary/aromatic N) is 2. The number of nitrogens with one attached hydrogen (secondary N) is 1. The third-order valence-corrected chi connectivity index (χ3v) is 4.06. The van der Waals surface area contributed by atoms with E-state index in [9.17, 15) is 5.11 Å². The summed E-state index contributed by atoms with van der Waals surface area (Å²) in [4.78, 5) is 0. The van der Waals surface area contributed by atoms with Gasteiger partial charge in [-0.3, -0.25) is 4.68 Å². The first-order valence-corrected chi connectivity index (χ1v) is 7.55. The van der Waals surface area contributed by atoms with Gasteiger partial charge in [-0.15, -0.1) is 0 Å². The topological polar surface area (TPSA) is 50.1 Å². The maximum Gasteiger partial charge on any atom is 0.0766 e. The van der Waals surface area contributed by atoms with Gasteiger partial charge in [-0.2, -0.15) is 5.10 Å². The molecule has 4 nitrogen and oxygen atoms in total. The summed E-state index contributed by atoms with van der Waals surface area (Å²) in [5.41, 5.74) is 0.458. The van der Waals surface area contributed by atoms with E-state index in [4.69, 9.17) is 0 Å². The van der Waals surface area contributed by atoms with Crippen molar-refractivity contribution in [1.82, 2.24) is 15.1 Å². The van der Waals surface area contributed by atoms with Crippen molar-refractivity contribution in [2.45, 2.75) is 71.6 Å². The van der Waals surface area contributed by atoms with Gasteiger partial charge in [0.15, 0.2) is 0 Å². The van der Waals surface area contributed by atoms with Gasteiger partial charge in [0.25, 0.3) is 0 Å². The second kappa shape index (κ2) is 7.65. The second-order valence-corrected chi connectivity index (χ2v) is 5.29. The summed E-state index contributed by atoms with van der Waals surface area (Å²) < 4.78 is 2.06. The largest absolute Gasteiger partial charge is 0.389 e. The molecule has 0 fully saturated rings. The first-order chi connectivity index (χ1) is 9.08. The Bertz CT molecular complexity index is 354. The highest BCUT2D eigenvalue weighted by Gasteiger charge is 2.21. The van der Waals surface area contributed by atoms with E-state index in [1.54, 1.807) is 0 Å². The molecular formula is C15H29N3O. The van der Waals surface area contributed by atoms with Crippen LogP contribution in [0.1, 0.15) is 65.1 Å². The summed E-state index contributed by atoms with van der Waals surface area (Å²) in [5.74, 6) is 0. The molecule has 0 aromatic carbocycles. The molecule has 0 aliphatic carbocycles. The van der Waals surface area contributed by atoms with Crippen molar-refractivity contribution in [2.75, 3.05) is 6.54 Å². The molecule has 1 aromatic rings. The highest BCUT2D eigenvalue weighted by Crippen LogP contribution is 2.15. The molecule has 19 heavy (non-hydrogen) atoms. The van der Waals surface area contributed by atoms with E-state index in [1.807, 2.05) is 13.8 Å². The molecule has 0 saturated carbocycles. The van der Waals surface area contributed by atoms with Crippen LogP contribution in [0.15, 0.2) is 12.3 Å². The number of rotatable bonds is 9. The molecule has 1 aromatic heterocycles. The van der Waals surface area contributed by atoms with Crippen LogP contribution in [-0.4, -0.2) is 27.0 Å². The molecule has 0 saturated heterocycles. The predicted molar refractivity (Wildman–Crippen MR) is 79.1 cm³/mol. The number of aliphatic hydroxyl groups is 1. The van der Waals surface area contributed by atoms with E-state index in [0.29, 0.717) is 12.6 Å². The van der Waals surface area contributed by atoms with Gasteiger partial charge in [0.1, 0.15) is 0 Å². The van der Waals surface area contributed by atoms with E-state index < -0.39 is 5.60 Å². The minimum Gasteiger partial charge on any atom is -0.389 e. The zero-order valence-corrected chi connectivity index (χ0v) is 12.8. The van der Waals surface area contributed by atoms with Crippen molar-refractivity contribution in [2.24, 2.45) is 0 Å². The molecule has 4 heteroatoms. The van der Waals surface area contributed by atoms with Gasteiger partial charge in [0.05, 0.1) is 17.3 Å². The highest BCUT2D eigenvalue weighted by molar-refractivity contribution is 4.99. The van der Waals surface area contributed by atoms with Gasteiger partial charge in [-0.25, -0.2) is 0 Å². The van der Waals surface area contributed by atoms with Gasteiger partial charge < -0.3 is 10.4 Å². The van der Waals surface area contributed by atoms with Crippen molar-refractivity contribution >= 4 is 0 Å². The van der Waals surface area contributed by atoms with Crippen molar-refractivity contribution in [3.63, 3.8) is 0 Å². The summed E-state index contributed by atoms with van der Waals surface area (Å²) >= 11 is 0. The standard InChI is InChI=1S/C15H29N3O/c1-5-14(6-2)18-10-9-13(17-18)11-16-12-15(19,7-3)8-4/h9-10,14,16,19H,5-8,11-12H2,1-4H3. The maximum absolute atomic E-state index is 10.2. The molecule has 0 aliphatic heterocycles. The Labute approximate surface area is 117 Å². The van der Waals surface area contributed by atoms with Crippen LogP contribution >= 0.6 is 0 Å². The molecule has 0 spiro atoms. The fraction of sp³-hybridized carbons (Fsp3) is 0.800. The lowest BCUT2D eigenvalue weighted by Gasteiger charge is -2.25.